The summed E-state index contributed by atoms with van der Waals surface area (Å²) >= 11 is 0. The maximum Gasteiger partial charge on any atom is 0.318 e. The number of carbonyl (C=O) groups is 2. The van der Waals surface area contributed by atoms with E-state index in [1.165, 1.54) is 31.2 Å². The lowest BCUT2D eigenvalue weighted by Crippen LogP contribution is -2.56. The van der Waals surface area contributed by atoms with Crippen molar-refractivity contribution in [3.63, 3.8) is 0 Å². The zero-order valence-electron chi connectivity index (χ0n) is 12.7. The summed E-state index contributed by atoms with van der Waals surface area (Å²) < 4.78 is 18.4. The van der Waals surface area contributed by atoms with Crippen LogP contribution in [0.15, 0.2) is 24.3 Å². The Morgan fingerprint density at radius 3 is 2.59 bits per heavy atom. The Bertz CT molecular complexity index is 634. The standard InChI is InChI=1S/C17H18FNO3/c1-3-22-15(21)17(12-6-8-13(18)9-7-12)10-4-5-14(20)16(17,2)11-19/h6-9H,3-5,10H2,1-2H3. The largest absolute Gasteiger partial charge is 0.465 e. The molecule has 116 valence electrons. The van der Waals surface area contributed by atoms with Crippen molar-refractivity contribution in [1.29, 1.82) is 5.26 Å². The molecular formula is C17H18FNO3. The fourth-order valence-corrected chi connectivity index (χ4v) is 3.26. The van der Waals surface area contributed by atoms with Crippen LogP contribution in [0.25, 0.3) is 0 Å². The van der Waals surface area contributed by atoms with Crippen LogP contribution in [0.5, 0.6) is 0 Å². The SMILES string of the molecule is CCOC(=O)C1(c2ccc(F)cc2)CCCC(=O)C1(C)C#N. The highest BCUT2D eigenvalue weighted by Gasteiger charge is 2.61. The van der Waals surface area contributed by atoms with Gasteiger partial charge in [-0.2, -0.15) is 5.26 Å². The Kier molecular flexibility index (Phi) is 4.32. The van der Waals surface area contributed by atoms with Gasteiger partial charge in [0.2, 0.25) is 0 Å². The van der Waals surface area contributed by atoms with Crippen molar-refractivity contribution in [3.05, 3.63) is 35.6 Å². The summed E-state index contributed by atoms with van der Waals surface area (Å²) in [5.74, 6) is -1.32. The minimum absolute atomic E-state index is 0.150. The second-order valence-corrected chi connectivity index (χ2v) is 5.65. The molecule has 2 atom stereocenters. The fraction of sp³-hybridized carbons (Fsp3) is 0.471. The van der Waals surface area contributed by atoms with Crippen LogP contribution in [0.2, 0.25) is 0 Å². The molecule has 0 saturated heterocycles. The van der Waals surface area contributed by atoms with Crippen molar-refractivity contribution < 1.29 is 18.7 Å². The van der Waals surface area contributed by atoms with Crippen molar-refractivity contribution in [2.45, 2.75) is 38.5 Å². The zero-order valence-corrected chi connectivity index (χ0v) is 12.7. The van der Waals surface area contributed by atoms with E-state index in [2.05, 4.69) is 0 Å². The molecule has 2 unspecified atom stereocenters. The third-order valence-electron chi connectivity index (χ3n) is 4.55. The van der Waals surface area contributed by atoms with Crippen LogP contribution in [0.1, 0.15) is 38.7 Å². The molecule has 5 heteroatoms. The van der Waals surface area contributed by atoms with E-state index in [-0.39, 0.29) is 18.8 Å². The van der Waals surface area contributed by atoms with E-state index in [9.17, 15) is 19.2 Å². The lowest BCUT2D eigenvalue weighted by atomic mass is 9.54. The second kappa shape index (κ2) is 5.88. The van der Waals surface area contributed by atoms with Crippen LogP contribution < -0.4 is 0 Å². The molecule has 1 aliphatic rings. The summed E-state index contributed by atoms with van der Waals surface area (Å²) in [6.07, 6.45) is 1.08. The van der Waals surface area contributed by atoms with Gasteiger partial charge in [-0.25, -0.2) is 4.39 Å². The Labute approximate surface area is 128 Å². The second-order valence-electron chi connectivity index (χ2n) is 5.65. The van der Waals surface area contributed by atoms with Gasteiger partial charge in [0.05, 0.1) is 12.7 Å². The Balaban J connectivity index is 2.69. The van der Waals surface area contributed by atoms with Crippen molar-refractivity contribution in [2.75, 3.05) is 6.61 Å². The highest BCUT2D eigenvalue weighted by atomic mass is 19.1. The molecule has 1 aliphatic carbocycles. The number of esters is 1. The van der Waals surface area contributed by atoms with E-state index >= 15 is 0 Å². The molecule has 0 N–H and O–H groups in total. The topological polar surface area (TPSA) is 67.2 Å². The van der Waals surface area contributed by atoms with E-state index < -0.39 is 22.6 Å². The summed E-state index contributed by atoms with van der Waals surface area (Å²) in [5, 5.41) is 9.64. The van der Waals surface area contributed by atoms with Gasteiger partial charge >= 0.3 is 5.97 Å². The predicted molar refractivity (Wildman–Crippen MR) is 77.3 cm³/mol. The molecule has 0 bridgehead atoms. The molecule has 0 spiro atoms. The van der Waals surface area contributed by atoms with Crippen molar-refractivity contribution in [1.82, 2.24) is 0 Å². The summed E-state index contributed by atoms with van der Waals surface area (Å²) in [6.45, 7) is 3.30. The number of nitrogens with zero attached hydrogens (tertiary/aromatic N) is 1. The minimum Gasteiger partial charge on any atom is -0.465 e. The van der Waals surface area contributed by atoms with Gasteiger partial charge in [0.25, 0.3) is 0 Å². The zero-order chi connectivity index (χ0) is 16.4. The molecule has 0 aliphatic heterocycles. The average Bonchev–Trinajstić information content (AvgIpc) is 2.51. The van der Waals surface area contributed by atoms with Gasteiger partial charge < -0.3 is 4.74 Å². The highest BCUT2D eigenvalue weighted by molar-refractivity contribution is 5.99. The molecule has 22 heavy (non-hydrogen) atoms. The quantitative estimate of drug-likeness (QED) is 0.805. The number of carbonyl (C=O) groups excluding carboxylic acids is 2. The normalized spacial score (nSPS) is 28.0. The monoisotopic (exact) mass is 303 g/mol. The van der Waals surface area contributed by atoms with Gasteiger partial charge in [0.1, 0.15) is 16.6 Å². The van der Waals surface area contributed by atoms with Crippen molar-refractivity contribution >= 4 is 11.8 Å². The summed E-state index contributed by atoms with van der Waals surface area (Å²) in [4.78, 5) is 25.1. The number of rotatable bonds is 3. The number of nitriles is 1. The maximum absolute atomic E-state index is 13.2. The molecular weight excluding hydrogens is 285 g/mol. The van der Waals surface area contributed by atoms with Gasteiger partial charge in [0.15, 0.2) is 5.78 Å². The van der Waals surface area contributed by atoms with Crippen LogP contribution in [0.3, 0.4) is 0 Å². The molecule has 2 rings (SSSR count). The van der Waals surface area contributed by atoms with Crippen LogP contribution in [-0.4, -0.2) is 18.4 Å². The number of ether oxygens (including phenoxy) is 1. The van der Waals surface area contributed by atoms with Crippen LogP contribution in [-0.2, 0) is 19.7 Å². The first-order valence-corrected chi connectivity index (χ1v) is 7.30. The molecule has 0 aromatic heterocycles. The Hall–Kier alpha value is -2.22. The minimum atomic E-state index is -1.52. The molecule has 0 amide bonds. The van der Waals surface area contributed by atoms with Crippen LogP contribution >= 0.6 is 0 Å². The predicted octanol–water partition coefficient (Wildman–Crippen LogP) is 2.91. The molecule has 1 saturated carbocycles. The number of ketones is 1. The average molecular weight is 303 g/mol. The molecule has 4 nitrogen and oxygen atoms in total. The number of halogens is 1. The van der Waals surface area contributed by atoms with E-state index in [1.54, 1.807) is 6.92 Å². The van der Waals surface area contributed by atoms with Crippen LogP contribution in [0, 0.1) is 22.6 Å². The first kappa shape index (κ1) is 16.2. The first-order valence-electron chi connectivity index (χ1n) is 7.30. The molecule has 1 aromatic carbocycles. The van der Waals surface area contributed by atoms with Crippen molar-refractivity contribution in [3.8, 4) is 6.07 Å². The Morgan fingerprint density at radius 1 is 1.41 bits per heavy atom. The smallest absolute Gasteiger partial charge is 0.318 e. The van der Waals surface area contributed by atoms with Gasteiger partial charge in [-0.15, -0.1) is 0 Å². The van der Waals surface area contributed by atoms with E-state index in [0.29, 0.717) is 18.4 Å². The number of hydrogen-bond acceptors (Lipinski definition) is 4. The first-order chi connectivity index (χ1) is 10.4. The maximum atomic E-state index is 13.2. The summed E-state index contributed by atoms with van der Waals surface area (Å²) in [5.41, 5.74) is -2.46. The van der Waals surface area contributed by atoms with Gasteiger partial charge in [-0.05, 0) is 44.4 Å². The molecule has 0 heterocycles. The summed E-state index contributed by atoms with van der Waals surface area (Å²) in [6, 6.07) is 7.41. The van der Waals surface area contributed by atoms with Gasteiger partial charge in [-0.1, -0.05) is 12.1 Å². The van der Waals surface area contributed by atoms with Gasteiger partial charge in [-0.3, -0.25) is 9.59 Å². The summed E-state index contributed by atoms with van der Waals surface area (Å²) in [7, 11) is 0. The van der Waals surface area contributed by atoms with Crippen molar-refractivity contribution in [2.24, 2.45) is 5.41 Å². The van der Waals surface area contributed by atoms with E-state index in [4.69, 9.17) is 4.74 Å². The molecule has 0 radical (unpaired) electrons. The molecule has 1 fully saturated rings. The third-order valence-corrected chi connectivity index (χ3v) is 4.55. The number of benzene rings is 1. The lowest BCUT2D eigenvalue weighted by Gasteiger charge is -2.44. The Morgan fingerprint density at radius 2 is 2.05 bits per heavy atom. The van der Waals surface area contributed by atoms with Crippen LogP contribution in [0.4, 0.5) is 4.39 Å². The number of hydrogen-bond donors (Lipinski definition) is 0. The molecule has 1 aromatic rings. The van der Waals surface area contributed by atoms with E-state index in [1.807, 2.05) is 6.07 Å². The highest BCUT2D eigenvalue weighted by Crippen LogP contribution is 2.51. The third kappa shape index (κ3) is 2.19. The van der Waals surface area contributed by atoms with Gasteiger partial charge in [0, 0.05) is 6.42 Å². The fourth-order valence-electron chi connectivity index (χ4n) is 3.26. The lowest BCUT2D eigenvalue weighted by molar-refractivity contribution is -0.160. The van der Waals surface area contributed by atoms with E-state index in [0.717, 1.165) is 0 Å². The number of Topliss-reactive ketones (excluding diaryl/α,β-unsaturated/α-hetero) is 1.